The van der Waals surface area contributed by atoms with Gasteiger partial charge in [0, 0.05) is 30.9 Å². The SMILES string of the molecule is O=c1[nH]c(N2CCC3(CC2)CNc2ccccc2C3)nc2c1CCCC2. The van der Waals surface area contributed by atoms with E-state index in [1.807, 2.05) is 0 Å². The minimum atomic E-state index is 0.0817. The molecule has 1 aromatic heterocycles. The Balaban J connectivity index is 1.34. The van der Waals surface area contributed by atoms with Crippen LogP contribution in [-0.4, -0.2) is 29.6 Å². The Labute approximate surface area is 153 Å². The van der Waals surface area contributed by atoms with E-state index in [2.05, 4.69) is 39.5 Å². The first-order valence-electron chi connectivity index (χ1n) is 9.91. The molecule has 1 saturated heterocycles. The number of nitrogens with zero attached hydrogens (tertiary/aromatic N) is 2. The number of rotatable bonds is 1. The van der Waals surface area contributed by atoms with Crippen molar-refractivity contribution in [2.75, 3.05) is 29.9 Å². The fraction of sp³-hybridized carbons (Fsp3) is 0.524. The molecule has 5 rings (SSSR count). The molecule has 5 nitrogen and oxygen atoms in total. The Hall–Kier alpha value is -2.30. The van der Waals surface area contributed by atoms with E-state index in [4.69, 9.17) is 4.98 Å². The van der Waals surface area contributed by atoms with Crippen LogP contribution in [0.25, 0.3) is 0 Å². The first-order chi connectivity index (χ1) is 12.7. The lowest BCUT2D eigenvalue weighted by atomic mass is 9.71. The number of aromatic amines is 1. The van der Waals surface area contributed by atoms with E-state index in [9.17, 15) is 4.79 Å². The molecule has 2 N–H and O–H groups in total. The Bertz CT molecular complexity index is 880. The monoisotopic (exact) mass is 350 g/mol. The zero-order valence-corrected chi connectivity index (χ0v) is 15.2. The van der Waals surface area contributed by atoms with Crippen LogP contribution in [0.3, 0.4) is 0 Å². The van der Waals surface area contributed by atoms with Crippen LogP contribution in [0, 0.1) is 5.41 Å². The molecule has 0 bridgehead atoms. The van der Waals surface area contributed by atoms with Crippen molar-refractivity contribution < 1.29 is 0 Å². The number of H-pyrrole nitrogens is 1. The maximum absolute atomic E-state index is 12.4. The van der Waals surface area contributed by atoms with Gasteiger partial charge in [-0.3, -0.25) is 9.78 Å². The van der Waals surface area contributed by atoms with Gasteiger partial charge in [0.25, 0.3) is 5.56 Å². The van der Waals surface area contributed by atoms with Crippen LogP contribution in [0.5, 0.6) is 0 Å². The summed E-state index contributed by atoms with van der Waals surface area (Å²) in [7, 11) is 0. The zero-order valence-electron chi connectivity index (χ0n) is 15.2. The minimum absolute atomic E-state index is 0.0817. The molecule has 0 amide bonds. The summed E-state index contributed by atoms with van der Waals surface area (Å²) in [4.78, 5) is 22.6. The van der Waals surface area contributed by atoms with Gasteiger partial charge in [-0.25, -0.2) is 4.98 Å². The third-order valence-corrected chi connectivity index (χ3v) is 6.54. The van der Waals surface area contributed by atoms with Gasteiger partial charge < -0.3 is 10.2 Å². The highest BCUT2D eigenvalue weighted by molar-refractivity contribution is 5.54. The molecule has 3 aliphatic rings. The Morgan fingerprint density at radius 2 is 1.88 bits per heavy atom. The maximum Gasteiger partial charge on any atom is 0.255 e. The topological polar surface area (TPSA) is 61.0 Å². The van der Waals surface area contributed by atoms with Crippen LogP contribution in [0.1, 0.15) is 42.5 Å². The molecule has 0 atom stereocenters. The van der Waals surface area contributed by atoms with Gasteiger partial charge in [0.1, 0.15) is 0 Å². The van der Waals surface area contributed by atoms with E-state index in [0.29, 0.717) is 5.41 Å². The molecule has 0 radical (unpaired) electrons. The number of hydrogen-bond acceptors (Lipinski definition) is 4. The summed E-state index contributed by atoms with van der Waals surface area (Å²) in [5.41, 5.74) is 5.09. The highest BCUT2D eigenvalue weighted by atomic mass is 16.1. The molecular formula is C21H26N4O. The second kappa shape index (κ2) is 6.15. The van der Waals surface area contributed by atoms with Gasteiger partial charge in [0.15, 0.2) is 0 Å². The number of aromatic nitrogens is 2. The minimum Gasteiger partial charge on any atom is -0.384 e. The molecule has 3 heterocycles. The second-order valence-electron chi connectivity index (χ2n) is 8.20. The molecule has 0 saturated carbocycles. The van der Waals surface area contributed by atoms with Crippen LogP contribution in [-0.2, 0) is 19.3 Å². The van der Waals surface area contributed by atoms with Gasteiger partial charge >= 0.3 is 0 Å². The second-order valence-corrected chi connectivity index (χ2v) is 8.20. The van der Waals surface area contributed by atoms with Crippen molar-refractivity contribution in [3.63, 3.8) is 0 Å². The van der Waals surface area contributed by atoms with E-state index >= 15 is 0 Å². The van der Waals surface area contributed by atoms with Gasteiger partial charge in [-0.1, -0.05) is 18.2 Å². The normalized spacial score (nSPS) is 21.0. The average Bonchev–Trinajstić information content (AvgIpc) is 2.68. The largest absolute Gasteiger partial charge is 0.384 e. The molecule has 1 aromatic carbocycles. The van der Waals surface area contributed by atoms with Crippen LogP contribution in [0.15, 0.2) is 29.1 Å². The van der Waals surface area contributed by atoms with E-state index in [1.54, 1.807) is 0 Å². The molecule has 1 aliphatic carbocycles. The van der Waals surface area contributed by atoms with Crippen molar-refractivity contribution in [1.29, 1.82) is 0 Å². The lowest BCUT2D eigenvalue weighted by Gasteiger charge is -2.45. The number of anilines is 2. The Morgan fingerprint density at radius 3 is 2.77 bits per heavy atom. The van der Waals surface area contributed by atoms with Crippen molar-refractivity contribution in [2.45, 2.75) is 44.9 Å². The number of para-hydroxylation sites is 1. The number of aryl methyl sites for hydroxylation is 1. The van der Waals surface area contributed by atoms with Crippen molar-refractivity contribution in [3.8, 4) is 0 Å². The summed E-state index contributed by atoms with van der Waals surface area (Å²) < 4.78 is 0. The lowest BCUT2D eigenvalue weighted by Crippen LogP contribution is -2.47. The maximum atomic E-state index is 12.4. The highest BCUT2D eigenvalue weighted by Crippen LogP contribution is 2.40. The number of benzene rings is 1. The predicted molar refractivity (Wildman–Crippen MR) is 104 cm³/mol. The van der Waals surface area contributed by atoms with Crippen molar-refractivity contribution in [2.24, 2.45) is 5.41 Å². The van der Waals surface area contributed by atoms with E-state index in [1.165, 1.54) is 11.3 Å². The summed E-state index contributed by atoms with van der Waals surface area (Å²) in [6.07, 6.45) is 7.51. The van der Waals surface area contributed by atoms with E-state index in [0.717, 1.165) is 81.8 Å². The number of fused-ring (bicyclic) bond motifs is 2. The Morgan fingerprint density at radius 1 is 1.08 bits per heavy atom. The molecule has 1 spiro atoms. The van der Waals surface area contributed by atoms with Crippen LogP contribution in [0.2, 0.25) is 0 Å². The standard InChI is InChI=1S/C21H26N4O/c26-19-16-6-2-4-8-18(16)23-20(24-19)25-11-9-21(10-12-25)13-15-5-1-3-7-17(15)22-14-21/h1,3,5,7,22H,2,4,6,8-14H2,(H,23,24,26). The van der Waals surface area contributed by atoms with E-state index in [-0.39, 0.29) is 5.56 Å². The molecule has 2 aromatic rings. The summed E-state index contributed by atoms with van der Waals surface area (Å²) >= 11 is 0. The molecule has 5 heteroatoms. The third-order valence-electron chi connectivity index (χ3n) is 6.54. The number of piperidine rings is 1. The zero-order chi connectivity index (χ0) is 17.6. The Kier molecular flexibility index (Phi) is 3.76. The average molecular weight is 350 g/mol. The van der Waals surface area contributed by atoms with E-state index < -0.39 is 0 Å². The van der Waals surface area contributed by atoms with Crippen molar-refractivity contribution >= 4 is 11.6 Å². The smallest absolute Gasteiger partial charge is 0.255 e. The third kappa shape index (κ3) is 2.70. The van der Waals surface area contributed by atoms with Gasteiger partial charge in [-0.05, 0) is 62.0 Å². The summed E-state index contributed by atoms with van der Waals surface area (Å²) in [5, 5.41) is 3.64. The highest BCUT2D eigenvalue weighted by Gasteiger charge is 2.38. The lowest BCUT2D eigenvalue weighted by molar-refractivity contribution is 0.227. The van der Waals surface area contributed by atoms with Gasteiger partial charge in [0.05, 0.1) is 5.69 Å². The van der Waals surface area contributed by atoms with Crippen LogP contribution < -0.4 is 15.8 Å². The summed E-state index contributed by atoms with van der Waals surface area (Å²) in [6, 6.07) is 8.66. The quantitative estimate of drug-likeness (QED) is 0.830. The fourth-order valence-corrected chi connectivity index (χ4v) is 4.88. The van der Waals surface area contributed by atoms with Gasteiger partial charge in [-0.2, -0.15) is 0 Å². The first kappa shape index (κ1) is 15.9. The first-order valence-corrected chi connectivity index (χ1v) is 9.91. The molecule has 136 valence electrons. The molecule has 26 heavy (non-hydrogen) atoms. The fourth-order valence-electron chi connectivity index (χ4n) is 4.88. The van der Waals surface area contributed by atoms with Crippen LogP contribution in [0.4, 0.5) is 11.6 Å². The molecular weight excluding hydrogens is 324 g/mol. The molecule has 2 aliphatic heterocycles. The molecule has 0 unspecified atom stereocenters. The van der Waals surface area contributed by atoms with Crippen molar-refractivity contribution in [3.05, 3.63) is 51.4 Å². The van der Waals surface area contributed by atoms with Gasteiger partial charge in [-0.15, -0.1) is 0 Å². The molecule has 1 fully saturated rings. The number of nitrogens with one attached hydrogen (secondary N) is 2. The van der Waals surface area contributed by atoms with Crippen molar-refractivity contribution in [1.82, 2.24) is 9.97 Å². The van der Waals surface area contributed by atoms with Gasteiger partial charge in [0.2, 0.25) is 5.95 Å². The summed E-state index contributed by atoms with van der Waals surface area (Å²) in [5.74, 6) is 0.787. The summed E-state index contributed by atoms with van der Waals surface area (Å²) in [6.45, 7) is 2.98. The predicted octanol–water partition coefficient (Wildman–Crippen LogP) is 2.90. The number of hydrogen-bond donors (Lipinski definition) is 2. The van der Waals surface area contributed by atoms with Crippen LogP contribution >= 0.6 is 0 Å².